The molecule has 1 aromatic carbocycles. The molecule has 4 heteroatoms. The van der Waals surface area contributed by atoms with E-state index < -0.39 is 5.60 Å². The van der Waals surface area contributed by atoms with Gasteiger partial charge in [-0.25, -0.2) is 4.39 Å². The Labute approximate surface area is 112 Å². The van der Waals surface area contributed by atoms with Gasteiger partial charge in [0.2, 0.25) is 0 Å². The normalized spacial score (nSPS) is 11.2. The molecule has 0 aliphatic heterocycles. The second kappa shape index (κ2) is 6.45. The van der Waals surface area contributed by atoms with E-state index in [9.17, 15) is 14.0 Å². The first-order chi connectivity index (χ1) is 8.78. The first-order valence-electron chi connectivity index (χ1n) is 6.28. The van der Waals surface area contributed by atoms with Crippen molar-refractivity contribution in [2.75, 3.05) is 0 Å². The van der Waals surface area contributed by atoms with E-state index in [4.69, 9.17) is 4.74 Å². The van der Waals surface area contributed by atoms with Crippen molar-refractivity contribution in [3.05, 3.63) is 35.6 Å². The second-order valence-corrected chi connectivity index (χ2v) is 5.37. The lowest BCUT2D eigenvalue weighted by Gasteiger charge is -2.19. The van der Waals surface area contributed by atoms with E-state index in [1.807, 2.05) is 0 Å². The van der Waals surface area contributed by atoms with Gasteiger partial charge in [0.05, 0.1) is 0 Å². The SMILES string of the molecule is CC(C)(C)OC(=O)CCCC(=O)c1ccc(F)cc1. The van der Waals surface area contributed by atoms with Gasteiger partial charge in [0, 0.05) is 18.4 Å². The lowest BCUT2D eigenvalue weighted by molar-refractivity contribution is -0.154. The highest BCUT2D eigenvalue weighted by Gasteiger charge is 2.16. The molecule has 0 unspecified atom stereocenters. The molecule has 0 aliphatic carbocycles. The maximum atomic E-state index is 12.7. The fourth-order valence-corrected chi connectivity index (χ4v) is 1.57. The van der Waals surface area contributed by atoms with Gasteiger partial charge in [0.1, 0.15) is 11.4 Å². The van der Waals surface area contributed by atoms with Crippen LogP contribution in [0.5, 0.6) is 0 Å². The number of carbonyl (C=O) groups excluding carboxylic acids is 2. The van der Waals surface area contributed by atoms with Crippen molar-refractivity contribution in [3.8, 4) is 0 Å². The van der Waals surface area contributed by atoms with Crippen molar-refractivity contribution in [1.82, 2.24) is 0 Å². The van der Waals surface area contributed by atoms with Crippen LogP contribution in [-0.4, -0.2) is 17.4 Å². The average Bonchev–Trinajstić information content (AvgIpc) is 2.27. The van der Waals surface area contributed by atoms with Gasteiger partial charge >= 0.3 is 5.97 Å². The Balaban J connectivity index is 2.35. The van der Waals surface area contributed by atoms with E-state index in [0.717, 1.165) is 0 Å². The lowest BCUT2D eigenvalue weighted by atomic mass is 10.1. The van der Waals surface area contributed by atoms with Crippen LogP contribution < -0.4 is 0 Å². The standard InChI is InChI=1S/C15H19FO3/c1-15(2,3)19-14(18)6-4-5-13(17)11-7-9-12(16)10-8-11/h7-10H,4-6H2,1-3H3. The highest BCUT2D eigenvalue weighted by atomic mass is 19.1. The number of rotatable bonds is 5. The molecule has 1 rings (SSSR count). The number of ketones is 1. The van der Waals surface area contributed by atoms with Crippen molar-refractivity contribution in [2.24, 2.45) is 0 Å². The molecule has 19 heavy (non-hydrogen) atoms. The maximum absolute atomic E-state index is 12.7. The van der Waals surface area contributed by atoms with Crippen molar-refractivity contribution in [1.29, 1.82) is 0 Å². The zero-order valence-electron chi connectivity index (χ0n) is 11.5. The topological polar surface area (TPSA) is 43.4 Å². The van der Waals surface area contributed by atoms with Crippen LogP contribution in [0.1, 0.15) is 50.4 Å². The van der Waals surface area contributed by atoms with E-state index in [-0.39, 0.29) is 30.4 Å². The fourth-order valence-electron chi connectivity index (χ4n) is 1.57. The summed E-state index contributed by atoms with van der Waals surface area (Å²) in [5, 5.41) is 0. The van der Waals surface area contributed by atoms with E-state index >= 15 is 0 Å². The molecule has 1 aromatic rings. The summed E-state index contributed by atoms with van der Waals surface area (Å²) in [6, 6.07) is 5.40. The van der Waals surface area contributed by atoms with Gasteiger partial charge in [-0.3, -0.25) is 9.59 Å². The molecule has 0 spiro atoms. The van der Waals surface area contributed by atoms with Gasteiger partial charge in [-0.1, -0.05) is 0 Å². The number of hydrogen-bond donors (Lipinski definition) is 0. The molecule has 0 saturated carbocycles. The van der Waals surface area contributed by atoms with Crippen molar-refractivity contribution in [3.63, 3.8) is 0 Å². The molecule has 0 amide bonds. The van der Waals surface area contributed by atoms with Gasteiger partial charge < -0.3 is 4.74 Å². The molecule has 0 radical (unpaired) electrons. The molecule has 0 saturated heterocycles. The lowest BCUT2D eigenvalue weighted by Crippen LogP contribution is -2.23. The summed E-state index contributed by atoms with van der Waals surface area (Å²) in [5.41, 5.74) is -0.0384. The molecule has 0 N–H and O–H groups in total. The van der Waals surface area contributed by atoms with Crippen LogP contribution in [0.25, 0.3) is 0 Å². The predicted molar refractivity (Wildman–Crippen MR) is 70.4 cm³/mol. The van der Waals surface area contributed by atoms with Gasteiger partial charge in [0.25, 0.3) is 0 Å². The minimum atomic E-state index is -0.502. The molecule has 0 aliphatic rings. The Kier molecular flexibility index (Phi) is 5.21. The summed E-state index contributed by atoms with van der Waals surface area (Å²) in [4.78, 5) is 23.2. The number of esters is 1. The Morgan fingerprint density at radius 1 is 1.11 bits per heavy atom. The Morgan fingerprint density at radius 2 is 1.68 bits per heavy atom. The number of halogens is 1. The number of ether oxygens (including phenoxy) is 1. The molecule has 0 fully saturated rings. The van der Waals surface area contributed by atoms with E-state index in [0.29, 0.717) is 12.0 Å². The van der Waals surface area contributed by atoms with Crippen LogP contribution >= 0.6 is 0 Å². The summed E-state index contributed by atoms with van der Waals surface area (Å²) in [6.07, 6.45) is 0.903. The monoisotopic (exact) mass is 266 g/mol. The van der Waals surface area contributed by atoms with Gasteiger partial charge in [0.15, 0.2) is 5.78 Å². The summed E-state index contributed by atoms with van der Waals surface area (Å²) in [5.74, 6) is -0.770. The third kappa shape index (κ3) is 6.13. The van der Waals surface area contributed by atoms with Crippen LogP contribution in [0, 0.1) is 5.82 Å². The van der Waals surface area contributed by atoms with Crippen LogP contribution in [0.15, 0.2) is 24.3 Å². The van der Waals surface area contributed by atoms with Gasteiger partial charge in [-0.05, 0) is 51.5 Å². The molecular weight excluding hydrogens is 247 g/mol. The molecule has 104 valence electrons. The molecule has 0 bridgehead atoms. The van der Waals surface area contributed by atoms with Crippen molar-refractivity contribution in [2.45, 2.75) is 45.6 Å². The molecule has 0 heterocycles. The van der Waals surface area contributed by atoms with Crippen molar-refractivity contribution < 1.29 is 18.7 Å². The molecular formula is C15H19FO3. The zero-order valence-corrected chi connectivity index (χ0v) is 11.5. The highest BCUT2D eigenvalue weighted by Crippen LogP contribution is 2.12. The molecule has 0 atom stereocenters. The summed E-state index contributed by atoms with van der Waals surface area (Å²) < 4.78 is 17.8. The second-order valence-electron chi connectivity index (χ2n) is 5.37. The van der Waals surface area contributed by atoms with Crippen LogP contribution in [0.2, 0.25) is 0 Å². The first kappa shape index (κ1) is 15.3. The van der Waals surface area contributed by atoms with Crippen LogP contribution in [0.3, 0.4) is 0 Å². The van der Waals surface area contributed by atoms with E-state index in [1.165, 1.54) is 24.3 Å². The largest absolute Gasteiger partial charge is 0.460 e. The summed E-state index contributed by atoms with van der Waals surface area (Å²) in [7, 11) is 0. The maximum Gasteiger partial charge on any atom is 0.306 e. The predicted octanol–water partition coefficient (Wildman–Crippen LogP) is 3.52. The van der Waals surface area contributed by atoms with Crippen LogP contribution in [-0.2, 0) is 9.53 Å². The summed E-state index contributed by atoms with van der Waals surface area (Å²) >= 11 is 0. The number of benzene rings is 1. The van der Waals surface area contributed by atoms with E-state index in [2.05, 4.69) is 0 Å². The first-order valence-corrected chi connectivity index (χ1v) is 6.28. The van der Waals surface area contributed by atoms with Gasteiger partial charge in [-0.15, -0.1) is 0 Å². The Bertz CT molecular complexity index is 443. The number of carbonyl (C=O) groups is 2. The fraction of sp³-hybridized carbons (Fsp3) is 0.467. The smallest absolute Gasteiger partial charge is 0.306 e. The number of Topliss-reactive ketones (excluding diaryl/α,β-unsaturated/α-hetero) is 1. The van der Waals surface area contributed by atoms with Gasteiger partial charge in [-0.2, -0.15) is 0 Å². The quantitative estimate of drug-likeness (QED) is 0.605. The van der Waals surface area contributed by atoms with Crippen molar-refractivity contribution >= 4 is 11.8 Å². The summed E-state index contributed by atoms with van der Waals surface area (Å²) in [6.45, 7) is 5.40. The molecule has 0 aromatic heterocycles. The zero-order chi connectivity index (χ0) is 14.5. The Hall–Kier alpha value is -1.71. The minimum Gasteiger partial charge on any atom is -0.460 e. The van der Waals surface area contributed by atoms with Crippen LogP contribution in [0.4, 0.5) is 4.39 Å². The Morgan fingerprint density at radius 3 is 2.21 bits per heavy atom. The molecule has 3 nitrogen and oxygen atoms in total. The third-order valence-corrected chi connectivity index (χ3v) is 2.37. The third-order valence-electron chi connectivity index (χ3n) is 2.37. The average molecular weight is 266 g/mol. The minimum absolute atomic E-state index is 0.0939. The number of hydrogen-bond acceptors (Lipinski definition) is 3. The highest BCUT2D eigenvalue weighted by molar-refractivity contribution is 5.96. The van der Waals surface area contributed by atoms with E-state index in [1.54, 1.807) is 20.8 Å².